The van der Waals surface area contributed by atoms with E-state index in [0.717, 1.165) is 12.0 Å². The van der Waals surface area contributed by atoms with Crippen molar-refractivity contribution in [1.29, 1.82) is 0 Å². The summed E-state index contributed by atoms with van der Waals surface area (Å²) in [5.41, 5.74) is 6.80. The number of nitrogens with zero attached hydrogens (tertiary/aromatic N) is 1. The van der Waals surface area contributed by atoms with Gasteiger partial charge < -0.3 is 10.5 Å². The second-order valence-electron chi connectivity index (χ2n) is 4.36. The molecule has 100 valence electrons. The van der Waals surface area contributed by atoms with Crippen LogP contribution in [0.4, 0.5) is 0 Å². The molecule has 0 spiro atoms. The number of hydrogen-bond acceptors (Lipinski definition) is 3. The van der Waals surface area contributed by atoms with E-state index in [0.29, 0.717) is 21.7 Å². The highest BCUT2D eigenvalue weighted by Gasteiger charge is 2.05. The summed E-state index contributed by atoms with van der Waals surface area (Å²) in [6.45, 7) is 1.96. The van der Waals surface area contributed by atoms with Crippen LogP contribution in [0.2, 0.25) is 10.0 Å². The standard InChI is InChI=1S/C14H14Cl2N2O/c1-9(17)6-10-2-5-14(18-8-10)19-13-4-3-11(15)7-12(13)16/h2-5,7-9H,6,17H2,1H3. The molecular formula is C14H14Cl2N2O. The molecule has 0 fully saturated rings. The van der Waals surface area contributed by atoms with Gasteiger partial charge in [0.15, 0.2) is 0 Å². The van der Waals surface area contributed by atoms with E-state index in [-0.39, 0.29) is 6.04 Å². The summed E-state index contributed by atoms with van der Waals surface area (Å²) in [5, 5.41) is 1.02. The van der Waals surface area contributed by atoms with Crippen LogP contribution in [0.3, 0.4) is 0 Å². The Kier molecular flexibility index (Phi) is 4.64. The Hall–Kier alpha value is -1.29. The van der Waals surface area contributed by atoms with Crippen LogP contribution in [-0.4, -0.2) is 11.0 Å². The van der Waals surface area contributed by atoms with Crippen LogP contribution < -0.4 is 10.5 Å². The van der Waals surface area contributed by atoms with E-state index in [2.05, 4.69) is 4.98 Å². The van der Waals surface area contributed by atoms with E-state index >= 15 is 0 Å². The number of benzene rings is 1. The quantitative estimate of drug-likeness (QED) is 0.925. The number of hydrogen-bond donors (Lipinski definition) is 1. The first kappa shape index (κ1) is 14.1. The lowest BCUT2D eigenvalue weighted by Gasteiger charge is -2.08. The molecule has 2 N–H and O–H groups in total. The van der Waals surface area contributed by atoms with Gasteiger partial charge in [-0.05, 0) is 37.1 Å². The molecule has 0 aliphatic heterocycles. The van der Waals surface area contributed by atoms with Gasteiger partial charge in [0.05, 0.1) is 5.02 Å². The summed E-state index contributed by atoms with van der Waals surface area (Å²) in [7, 11) is 0. The molecule has 0 amide bonds. The first-order valence-corrected chi connectivity index (χ1v) is 6.63. The average molecular weight is 297 g/mol. The van der Waals surface area contributed by atoms with Gasteiger partial charge in [0.25, 0.3) is 0 Å². The highest BCUT2D eigenvalue weighted by molar-refractivity contribution is 6.35. The van der Waals surface area contributed by atoms with E-state index in [1.54, 1.807) is 30.5 Å². The van der Waals surface area contributed by atoms with E-state index in [1.807, 2.05) is 13.0 Å². The molecule has 1 aromatic carbocycles. The van der Waals surface area contributed by atoms with Gasteiger partial charge in [0.2, 0.25) is 5.88 Å². The van der Waals surface area contributed by atoms with Gasteiger partial charge in [-0.2, -0.15) is 0 Å². The van der Waals surface area contributed by atoms with Gasteiger partial charge in [-0.25, -0.2) is 4.98 Å². The van der Waals surface area contributed by atoms with Gasteiger partial charge >= 0.3 is 0 Å². The van der Waals surface area contributed by atoms with Crippen LogP contribution in [-0.2, 0) is 6.42 Å². The predicted molar refractivity (Wildman–Crippen MR) is 78.1 cm³/mol. The second-order valence-corrected chi connectivity index (χ2v) is 5.21. The Morgan fingerprint density at radius 2 is 2.05 bits per heavy atom. The number of rotatable bonds is 4. The number of aromatic nitrogens is 1. The predicted octanol–water partition coefficient (Wildman–Crippen LogP) is 4.07. The van der Waals surface area contributed by atoms with Gasteiger partial charge in [0.1, 0.15) is 5.75 Å². The molecule has 1 atom stereocenters. The average Bonchev–Trinajstić information content (AvgIpc) is 2.34. The van der Waals surface area contributed by atoms with Crippen molar-refractivity contribution in [2.24, 2.45) is 5.73 Å². The molecule has 1 aromatic heterocycles. The minimum atomic E-state index is 0.110. The van der Waals surface area contributed by atoms with Crippen LogP contribution >= 0.6 is 23.2 Å². The fraction of sp³-hybridized carbons (Fsp3) is 0.214. The van der Waals surface area contributed by atoms with Crippen molar-refractivity contribution in [3.05, 3.63) is 52.1 Å². The lowest BCUT2D eigenvalue weighted by atomic mass is 10.1. The second kappa shape index (κ2) is 6.24. The first-order valence-electron chi connectivity index (χ1n) is 5.88. The van der Waals surface area contributed by atoms with Gasteiger partial charge in [0, 0.05) is 23.3 Å². The van der Waals surface area contributed by atoms with Crippen molar-refractivity contribution >= 4 is 23.2 Å². The molecule has 0 saturated heterocycles. The highest BCUT2D eigenvalue weighted by atomic mass is 35.5. The minimum absolute atomic E-state index is 0.110. The molecule has 19 heavy (non-hydrogen) atoms. The van der Waals surface area contributed by atoms with E-state index in [1.165, 1.54) is 0 Å². The molecule has 0 aliphatic carbocycles. The first-order chi connectivity index (χ1) is 9.04. The highest BCUT2D eigenvalue weighted by Crippen LogP contribution is 2.30. The summed E-state index contributed by atoms with van der Waals surface area (Å²) in [6.07, 6.45) is 2.54. The van der Waals surface area contributed by atoms with Gasteiger partial charge in [-0.1, -0.05) is 29.3 Å². The Bertz CT molecular complexity index is 556. The van der Waals surface area contributed by atoms with Crippen molar-refractivity contribution in [2.75, 3.05) is 0 Å². The third kappa shape index (κ3) is 4.10. The summed E-state index contributed by atoms with van der Waals surface area (Å²) in [5.74, 6) is 1.01. The summed E-state index contributed by atoms with van der Waals surface area (Å²) in [6, 6.07) is 8.90. The molecule has 0 radical (unpaired) electrons. The van der Waals surface area contributed by atoms with Crippen molar-refractivity contribution in [2.45, 2.75) is 19.4 Å². The summed E-state index contributed by atoms with van der Waals surface area (Å²) < 4.78 is 5.59. The SMILES string of the molecule is CC(N)Cc1ccc(Oc2ccc(Cl)cc2Cl)nc1. The Morgan fingerprint density at radius 3 is 2.63 bits per heavy atom. The normalized spacial score (nSPS) is 12.2. The zero-order chi connectivity index (χ0) is 13.8. The van der Waals surface area contributed by atoms with Crippen LogP contribution in [0.1, 0.15) is 12.5 Å². The fourth-order valence-electron chi connectivity index (χ4n) is 1.63. The third-order valence-electron chi connectivity index (χ3n) is 2.46. The molecule has 0 aliphatic rings. The lowest BCUT2D eigenvalue weighted by molar-refractivity contribution is 0.462. The maximum atomic E-state index is 6.03. The third-order valence-corrected chi connectivity index (χ3v) is 2.99. The monoisotopic (exact) mass is 296 g/mol. The fourth-order valence-corrected chi connectivity index (χ4v) is 2.08. The molecular weight excluding hydrogens is 283 g/mol. The van der Waals surface area contributed by atoms with E-state index in [9.17, 15) is 0 Å². The number of halogens is 2. The zero-order valence-corrected chi connectivity index (χ0v) is 11.9. The van der Waals surface area contributed by atoms with E-state index in [4.69, 9.17) is 33.7 Å². The molecule has 5 heteroatoms. The molecule has 2 aromatic rings. The number of pyridine rings is 1. The van der Waals surface area contributed by atoms with Crippen molar-refractivity contribution < 1.29 is 4.74 Å². The van der Waals surface area contributed by atoms with Gasteiger partial charge in [-0.3, -0.25) is 0 Å². The zero-order valence-electron chi connectivity index (χ0n) is 10.4. The molecule has 3 nitrogen and oxygen atoms in total. The smallest absolute Gasteiger partial charge is 0.219 e. The maximum absolute atomic E-state index is 6.03. The van der Waals surface area contributed by atoms with Crippen molar-refractivity contribution in [1.82, 2.24) is 4.98 Å². The van der Waals surface area contributed by atoms with Crippen LogP contribution in [0, 0.1) is 0 Å². The number of nitrogens with two attached hydrogens (primary N) is 1. The maximum Gasteiger partial charge on any atom is 0.219 e. The molecule has 1 heterocycles. The van der Waals surface area contributed by atoms with Crippen molar-refractivity contribution in [3.63, 3.8) is 0 Å². The summed E-state index contributed by atoms with van der Waals surface area (Å²) in [4.78, 5) is 4.22. The molecule has 0 bridgehead atoms. The number of ether oxygens (including phenoxy) is 1. The van der Waals surface area contributed by atoms with Crippen LogP contribution in [0.15, 0.2) is 36.5 Å². The molecule has 2 rings (SSSR count). The molecule has 1 unspecified atom stereocenters. The Labute approximate surface area is 122 Å². The summed E-state index contributed by atoms with van der Waals surface area (Å²) >= 11 is 11.8. The van der Waals surface area contributed by atoms with E-state index < -0.39 is 0 Å². The molecule has 0 saturated carbocycles. The van der Waals surface area contributed by atoms with Gasteiger partial charge in [-0.15, -0.1) is 0 Å². The van der Waals surface area contributed by atoms with Crippen LogP contribution in [0.25, 0.3) is 0 Å². The Morgan fingerprint density at radius 1 is 1.26 bits per heavy atom. The lowest BCUT2D eigenvalue weighted by Crippen LogP contribution is -2.17. The Balaban J connectivity index is 2.10. The van der Waals surface area contributed by atoms with Crippen LogP contribution in [0.5, 0.6) is 11.6 Å². The largest absolute Gasteiger partial charge is 0.437 e. The minimum Gasteiger partial charge on any atom is -0.437 e. The van der Waals surface area contributed by atoms with Crippen molar-refractivity contribution in [3.8, 4) is 11.6 Å². The topological polar surface area (TPSA) is 48.1 Å².